The maximum atomic E-state index is 11.9. The Balaban J connectivity index is 2.87. The van der Waals surface area contributed by atoms with E-state index in [1.54, 1.807) is 6.08 Å². The fraction of sp³-hybridized carbons (Fsp3) is 0.615. The molecule has 0 bridgehead atoms. The summed E-state index contributed by atoms with van der Waals surface area (Å²) in [6.45, 7) is 10.1. The van der Waals surface area contributed by atoms with Crippen LogP contribution in [0.5, 0.6) is 0 Å². The lowest BCUT2D eigenvalue weighted by molar-refractivity contribution is -0.127. The SMILES string of the molecule is C=CCC(=O)C1C(C)C=CCC1(C)C. The van der Waals surface area contributed by atoms with Gasteiger partial charge in [-0.25, -0.2) is 0 Å². The third kappa shape index (κ3) is 2.14. The van der Waals surface area contributed by atoms with Gasteiger partial charge in [0.05, 0.1) is 0 Å². The summed E-state index contributed by atoms with van der Waals surface area (Å²) in [5, 5.41) is 0. The molecule has 0 amide bonds. The van der Waals surface area contributed by atoms with E-state index in [-0.39, 0.29) is 11.3 Å². The smallest absolute Gasteiger partial charge is 0.140 e. The van der Waals surface area contributed by atoms with Crippen molar-refractivity contribution in [3.8, 4) is 0 Å². The third-order valence-corrected chi connectivity index (χ3v) is 3.14. The number of rotatable bonds is 3. The number of carbonyl (C=O) groups is 1. The van der Waals surface area contributed by atoms with Crippen LogP contribution in [0.3, 0.4) is 0 Å². The van der Waals surface area contributed by atoms with E-state index in [0.29, 0.717) is 18.1 Å². The Kier molecular flexibility index (Phi) is 3.30. The van der Waals surface area contributed by atoms with E-state index in [1.807, 2.05) is 0 Å². The molecule has 0 heterocycles. The van der Waals surface area contributed by atoms with E-state index in [4.69, 9.17) is 0 Å². The number of allylic oxidation sites excluding steroid dienone is 3. The van der Waals surface area contributed by atoms with Crippen molar-refractivity contribution in [3.63, 3.8) is 0 Å². The topological polar surface area (TPSA) is 17.1 Å². The molecule has 0 saturated carbocycles. The molecule has 2 unspecified atom stereocenters. The molecule has 1 nitrogen and oxygen atoms in total. The van der Waals surface area contributed by atoms with Gasteiger partial charge < -0.3 is 0 Å². The first-order chi connectivity index (χ1) is 6.49. The van der Waals surface area contributed by atoms with E-state index in [9.17, 15) is 4.79 Å². The highest BCUT2D eigenvalue weighted by Gasteiger charge is 2.38. The summed E-state index contributed by atoms with van der Waals surface area (Å²) >= 11 is 0. The van der Waals surface area contributed by atoms with Crippen molar-refractivity contribution < 1.29 is 4.79 Å². The second kappa shape index (κ2) is 4.12. The molecule has 0 aromatic rings. The molecule has 1 rings (SSSR count). The Morgan fingerprint density at radius 2 is 2.29 bits per heavy atom. The van der Waals surface area contributed by atoms with Crippen molar-refractivity contribution in [2.45, 2.75) is 33.6 Å². The summed E-state index contributed by atoms with van der Waals surface area (Å²) in [7, 11) is 0. The average molecular weight is 192 g/mol. The van der Waals surface area contributed by atoms with Crippen molar-refractivity contribution in [2.75, 3.05) is 0 Å². The quantitative estimate of drug-likeness (QED) is 0.626. The molecular weight excluding hydrogens is 172 g/mol. The van der Waals surface area contributed by atoms with E-state index in [1.165, 1.54) is 0 Å². The summed E-state index contributed by atoms with van der Waals surface area (Å²) in [4.78, 5) is 11.9. The lowest BCUT2D eigenvalue weighted by atomic mass is 9.65. The normalized spacial score (nSPS) is 29.9. The molecule has 1 aliphatic carbocycles. The zero-order chi connectivity index (χ0) is 10.8. The first-order valence-electron chi connectivity index (χ1n) is 5.29. The van der Waals surface area contributed by atoms with Gasteiger partial charge in [0.25, 0.3) is 0 Å². The molecule has 78 valence electrons. The van der Waals surface area contributed by atoms with Crippen LogP contribution in [0.2, 0.25) is 0 Å². The number of carbonyl (C=O) groups excluding carboxylic acids is 1. The van der Waals surface area contributed by atoms with Gasteiger partial charge in [-0.15, -0.1) is 6.58 Å². The third-order valence-electron chi connectivity index (χ3n) is 3.14. The van der Waals surface area contributed by atoms with E-state index >= 15 is 0 Å². The van der Waals surface area contributed by atoms with Crippen molar-refractivity contribution in [1.82, 2.24) is 0 Å². The summed E-state index contributed by atoms with van der Waals surface area (Å²) in [5.74, 6) is 0.860. The van der Waals surface area contributed by atoms with Gasteiger partial charge in [-0.05, 0) is 17.8 Å². The van der Waals surface area contributed by atoms with Crippen LogP contribution in [0, 0.1) is 17.3 Å². The zero-order valence-corrected chi connectivity index (χ0v) is 9.42. The Morgan fingerprint density at radius 3 is 2.79 bits per heavy atom. The van der Waals surface area contributed by atoms with Gasteiger partial charge >= 0.3 is 0 Å². The average Bonchev–Trinajstić information content (AvgIpc) is 2.02. The zero-order valence-electron chi connectivity index (χ0n) is 9.42. The molecule has 0 fully saturated rings. The van der Waals surface area contributed by atoms with Crippen LogP contribution in [0.1, 0.15) is 33.6 Å². The van der Waals surface area contributed by atoms with Crippen molar-refractivity contribution in [3.05, 3.63) is 24.8 Å². The van der Waals surface area contributed by atoms with E-state index < -0.39 is 0 Å². The molecular formula is C13H20O. The molecule has 0 spiro atoms. The van der Waals surface area contributed by atoms with Gasteiger partial charge in [0, 0.05) is 12.3 Å². The van der Waals surface area contributed by atoms with Gasteiger partial charge in [0.15, 0.2) is 0 Å². The summed E-state index contributed by atoms with van der Waals surface area (Å²) in [6, 6.07) is 0. The minimum absolute atomic E-state index is 0.105. The van der Waals surface area contributed by atoms with Crippen molar-refractivity contribution >= 4 is 5.78 Å². The molecule has 0 radical (unpaired) electrons. The van der Waals surface area contributed by atoms with E-state index in [0.717, 1.165) is 6.42 Å². The van der Waals surface area contributed by atoms with Crippen LogP contribution >= 0.6 is 0 Å². The molecule has 0 N–H and O–H groups in total. The lowest BCUT2D eigenvalue weighted by Crippen LogP contribution is -2.37. The van der Waals surface area contributed by atoms with Crippen molar-refractivity contribution in [2.24, 2.45) is 17.3 Å². The van der Waals surface area contributed by atoms with Crippen LogP contribution in [-0.2, 0) is 4.79 Å². The van der Waals surface area contributed by atoms with Crippen LogP contribution < -0.4 is 0 Å². The number of Topliss-reactive ketones (excluding diaryl/α,β-unsaturated/α-hetero) is 1. The van der Waals surface area contributed by atoms with Crippen LogP contribution in [0.15, 0.2) is 24.8 Å². The molecule has 0 aromatic carbocycles. The highest BCUT2D eigenvalue weighted by Crippen LogP contribution is 2.41. The predicted molar refractivity (Wildman–Crippen MR) is 60.0 cm³/mol. The molecule has 0 aliphatic heterocycles. The van der Waals surface area contributed by atoms with Gasteiger partial charge in [-0.3, -0.25) is 4.79 Å². The standard InChI is InChI=1S/C13H20O/c1-5-7-11(14)12-10(2)8-6-9-13(12,3)4/h5-6,8,10,12H,1,7,9H2,2-4H3. The van der Waals surface area contributed by atoms with Gasteiger partial charge in [-0.1, -0.05) is 39.0 Å². The lowest BCUT2D eigenvalue weighted by Gasteiger charge is -2.38. The second-order valence-electron chi connectivity index (χ2n) is 4.92. The predicted octanol–water partition coefficient (Wildman–Crippen LogP) is 3.37. The second-order valence-corrected chi connectivity index (χ2v) is 4.92. The largest absolute Gasteiger partial charge is 0.299 e. The Hall–Kier alpha value is -0.850. The van der Waals surface area contributed by atoms with Crippen molar-refractivity contribution in [1.29, 1.82) is 0 Å². The summed E-state index contributed by atoms with van der Waals surface area (Å²) < 4.78 is 0. The molecule has 14 heavy (non-hydrogen) atoms. The minimum Gasteiger partial charge on any atom is -0.299 e. The summed E-state index contributed by atoms with van der Waals surface area (Å²) in [6.07, 6.45) is 7.58. The molecule has 0 saturated heterocycles. The summed E-state index contributed by atoms with van der Waals surface area (Å²) in [5.41, 5.74) is 0.105. The Morgan fingerprint density at radius 1 is 1.64 bits per heavy atom. The maximum absolute atomic E-state index is 11.9. The van der Waals surface area contributed by atoms with Gasteiger partial charge in [0.1, 0.15) is 5.78 Å². The highest BCUT2D eigenvalue weighted by atomic mass is 16.1. The highest BCUT2D eigenvalue weighted by molar-refractivity contribution is 5.83. The fourth-order valence-corrected chi connectivity index (χ4v) is 2.53. The molecule has 0 aromatic heterocycles. The number of hydrogen-bond acceptors (Lipinski definition) is 1. The fourth-order valence-electron chi connectivity index (χ4n) is 2.53. The minimum atomic E-state index is 0.105. The molecule has 1 aliphatic rings. The first kappa shape index (κ1) is 11.2. The van der Waals surface area contributed by atoms with E-state index in [2.05, 4.69) is 39.5 Å². The Bertz CT molecular complexity index is 260. The van der Waals surface area contributed by atoms with Gasteiger partial charge in [-0.2, -0.15) is 0 Å². The molecule has 2 atom stereocenters. The molecule has 1 heteroatoms. The van der Waals surface area contributed by atoms with Crippen LogP contribution in [0.4, 0.5) is 0 Å². The van der Waals surface area contributed by atoms with Crippen LogP contribution in [0.25, 0.3) is 0 Å². The first-order valence-corrected chi connectivity index (χ1v) is 5.29. The Labute approximate surface area is 86.9 Å². The maximum Gasteiger partial charge on any atom is 0.140 e. The number of hydrogen-bond donors (Lipinski definition) is 0. The van der Waals surface area contributed by atoms with Crippen LogP contribution in [-0.4, -0.2) is 5.78 Å². The monoisotopic (exact) mass is 192 g/mol. The van der Waals surface area contributed by atoms with Gasteiger partial charge in [0.2, 0.25) is 0 Å². The number of ketones is 1.